The summed E-state index contributed by atoms with van der Waals surface area (Å²) in [6.07, 6.45) is 0. The lowest BCUT2D eigenvalue weighted by atomic mass is 9.98. The number of fused-ring (bicyclic) bond motifs is 13. The first-order valence-electron chi connectivity index (χ1n) is 20.5. The summed E-state index contributed by atoms with van der Waals surface area (Å²) < 4.78 is 7.15. The van der Waals surface area contributed by atoms with Crippen molar-refractivity contribution in [3.8, 4) is 45.5 Å². The summed E-state index contributed by atoms with van der Waals surface area (Å²) in [4.78, 5) is 15.7. The zero-order chi connectivity index (χ0) is 40.0. The van der Waals surface area contributed by atoms with E-state index in [-0.39, 0.29) is 0 Å². The van der Waals surface area contributed by atoms with Crippen LogP contribution in [-0.4, -0.2) is 24.1 Å². The van der Waals surface area contributed by atoms with Gasteiger partial charge in [-0.25, -0.2) is 4.98 Å². The first kappa shape index (κ1) is 34.0. The summed E-state index contributed by atoms with van der Waals surface area (Å²) in [5, 5.41) is 9.78. The second-order valence-corrected chi connectivity index (χ2v) is 16.6. The molecule has 0 saturated carbocycles. The predicted molar refractivity (Wildman–Crippen MR) is 255 cm³/mol. The summed E-state index contributed by atoms with van der Waals surface area (Å²) >= 11 is 1.85. The Bertz CT molecular complexity index is 3790. The van der Waals surface area contributed by atoms with E-state index in [0.717, 1.165) is 33.2 Å². The van der Waals surface area contributed by atoms with E-state index in [9.17, 15) is 0 Å². The number of nitrogens with zero attached hydrogens (tertiary/aromatic N) is 5. The molecule has 0 unspecified atom stereocenters. The predicted octanol–water partition coefficient (Wildman–Crippen LogP) is 14.6. The first-order chi connectivity index (χ1) is 30.3. The summed E-state index contributed by atoms with van der Waals surface area (Å²) in [5.41, 5.74) is 9.97. The zero-order valence-electron chi connectivity index (χ0n) is 32.7. The van der Waals surface area contributed by atoms with Crippen LogP contribution in [0.5, 0.6) is 0 Å². The minimum absolute atomic E-state index is 0.592. The van der Waals surface area contributed by atoms with Gasteiger partial charge in [0.1, 0.15) is 0 Å². The van der Waals surface area contributed by atoms with Crippen LogP contribution in [0.4, 0.5) is 0 Å². The van der Waals surface area contributed by atoms with Crippen molar-refractivity contribution in [3.63, 3.8) is 0 Å². The molecule has 0 bridgehead atoms. The lowest BCUT2D eigenvalue weighted by Gasteiger charge is -2.12. The van der Waals surface area contributed by atoms with Gasteiger partial charge in [0.25, 0.3) is 0 Å². The van der Waals surface area contributed by atoms with Crippen LogP contribution in [0.1, 0.15) is 0 Å². The normalized spacial score (nSPS) is 11.9. The maximum atomic E-state index is 5.30. The number of hydrogen-bond donors (Lipinski definition) is 0. The minimum Gasteiger partial charge on any atom is -0.309 e. The highest BCUT2D eigenvalue weighted by atomic mass is 32.1. The van der Waals surface area contributed by atoms with Gasteiger partial charge in [0.05, 0.1) is 26.8 Å². The number of rotatable bonds is 5. The molecule has 0 atom stereocenters. The van der Waals surface area contributed by atoms with E-state index in [1.165, 1.54) is 69.3 Å². The summed E-state index contributed by atoms with van der Waals surface area (Å²) in [7, 11) is 0. The number of benzene rings is 9. The van der Waals surface area contributed by atoms with Crippen LogP contribution in [0.3, 0.4) is 0 Å². The third kappa shape index (κ3) is 5.16. The van der Waals surface area contributed by atoms with Crippen molar-refractivity contribution in [2.45, 2.75) is 0 Å². The van der Waals surface area contributed by atoms with Crippen molar-refractivity contribution < 1.29 is 0 Å². The van der Waals surface area contributed by atoms with Crippen LogP contribution in [0.2, 0.25) is 0 Å². The van der Waals surface area contributed by atoms with Crippen LogP contribution in [0.25, 0.3) is 120 Å². The zero-order valence-corrected chi connectivity index (χ0v) is 33.5. The Morgan fingerprint density at radius 3 is 1.49 bits per heavy atom. The maximum Gasteiger partial charge on any atom is 0.238 e. The maximum absolute atomic E-state index is 5.30. The first-order valence-corrected chi connectivity index (χ1v) is 21.3. The van der Waals surface area contributed by atoms with Crippen molar-refractivity contribution >= 4 is 85.9 Å². The van der Waals surface area contributed by atoms with Gasteiger partial charge >= 0.3 is 0 Å². The Morgan fingerprint density at radius 1 is 0.344 bits per heavy atom. The molecule has 13 rings (SSSR count). The van der Waals surface area contributed by atoms with Gasteiger partial charge in [-0.3, -0.25) is 4.57 Å². The van der Waals surface area contributed by atoms with Crippen molar-refractivity contribution in [3.05, 3.63) is 200 Å². The van der Waals surface area contributed by atoms with Crippen LogP contribution in [-0.2, 0) is 0 Å². The van der Waals surface area contributed by atoms with Gasteiger partial charge in [-0.15, -0.1) is 11.3 Å². The molecule has 0 fully saturated rings. The Hall–Kier alpha value is -7.93. The van der Waals surface area contributed by atoms with E-state index in [4.69, 9.17) is 15.0 Å². The fraction of sp³-hybridized carbons (Fsp3) is 0. The van der Waals surface area contributed by atoms with Gasteiger partial charge < -0.3 is 4.57 Å². The molecule has 0 spiro atoms. The fourth-order valence-corrected chi connectivity index (χ4v) is 10.7. The fourth-order valence-electron chi connectivity index (χ4n) is 9.46. The Balaban J connectivity index is 1.14. The molecule has 0 saturated heterocycles. The van der Waals surface area contributed by atoms with Gasteiger partial charge in [0.15, 0.2) is 11.6 Å². The highest BCUT2D eigenvalue weighted by Crippen LogP contribution is 2.49. The number of thiophene rings is 1. The molecule has 0 aliphatic carbocycles. The highest BCUT2D eigenvalue weighted by Gasteiger charge is 2.25. The lowest BCUT2D eigenvalue weighted by molar-refractivity contribution is 0.955. The topological polar surface area (TPSA) is 48.5 Å². The van der Waals surface area contributed by atoms with Gasteiger partial charge in [0.2, 0.25) is 5.95 Å². The molecule has 0 aliphatic heterocycles. The van der Waals surface area contributed by atoms with Crippen LogP contribution in [0, 0.1) is 0 Å². The average Bonchev–Trinajstić information content (AvgIpc) is 3.99. The Morgan fingerprint density at radius 2 is 0.852 bits per heavy atom. The number of para-hydroxylation sites is 2. The smallest absolute Gasteiger partial charge is 0.238 e. The monoisotopic (exact) mass is 795 g/mol. The van der Waals surface area contributed by atoms with Gasteiger partial charge in [0, 0.05) is 53.8 Å². The van der Waals surface area contributed by atoms with Crippen LogP contribution >= 0.6 is 11.3 Å². The molecule has 0 N–H and O–H groups in total. The molecule has 284 valence electrons. The van der Waals surface area contributed by atoms with E-state index in [2.05, 4.69) is 173 Å². The SMILES string of the molecule is c1ccc(-c2ccc(-n3c4ccccc4c4cc5c(cc43)sc3c5c4ccccc4c4c5ccccc5n(-c5nc(-c6ccccc6)nc(-c6ccccc6)n5)c34)cc2)cc1. The largest absolute Gasteiger partial charge is 0.309 e. The Kier molecular flexibility index (Phi) is 7.41. The molecule has 4 heterocycles. The molecular formula is C55H33N5S. The van der Waals surface area contributed by atoms with Gasteiger partial charge in [-0.1, -0.05) is 164 Å². The van der Waals surface area contributed by atoms with Crippen LogP contribution in [0.15, 0.2) is 200 Å². The van der Waals surface area contributed by atoms with E-state index < -0.39 is 0 Å². The molecule has 5 nitrogen and oxygen atoms in total. The highest BCUT2D eigenvalue weighted by molar-refractivity contribution is 7.27. The van der Waals surface area contributed by atoms with Crippen molar-refractivity contribution in [2.75, 3.05) is 0 Å². The molecule has 6 heteroatoms. The van der Waals surface area contributed by atoms with Crippen molar-refractivity contribution in [1.82, 2.24) is 24.1 Å². The van der Waals surface area contributed by atoms with Crippen molar-refractivity contribution in [2.24, 2.45) is 0 Å². The van der Waals surface area contributed by atoms with Gasteiger partial charge in [-0.2, -0.15) is 9.97 Å². The number of aromatic nitrogens is 5. The molecule has 9 aromatic carbocycles. The molecular weight excluding hydrogens is 763 g/mol. The molecule has 4 aromatic heterocycles. The minimum atomic E-state index is 0.592. The summed E-state index contributed by atoms with van der Waals surface area (Å²) in [6.45, 7) is 0. The van der Waals surface area contributed by atoms with Crippen molar-refractivity contribution in [1.29, 1.82) is 0 Å². The number of hydrogen-bond acceptors (Lipinski definition) is 4. The average molecular weight is 796 g/mol. The lowest BCUT2D eigenvalue weighted by Crippen LogP contribution is -2.06. The summed E-state index contributed by atoms with van der Waals surface area (Å²) in [5.74, 6) is 1.86. The van der Waals surface area contributed by atoms with E-state index in [1.54, 1.807) is 0 Å². The van der Waals surface area contributed by atoms with E-state index in [1.807, 2.05) is 47.7 Å². The molecule has 0 aliphatic rings. The molecule has 61 heavy (non-hydrogen) atoms. The van der Waals surface area contributed by atoms with E-state index >= 15 is 0 Å². The third-order valence-electron chi connectivity index (χ3n) is 12.2. The molecule has 0 radical (unpaired) electrons. The standard InChI is InChI=1S/C55H33N5S/c1-4-16-34(17-5-1)35-28-30-38(31-29-35)59-45-26-14-12-22-39(45)43-32-44-48(33-47(43)59)61-52-50(44)41-24-11-10-23-40(41)49-42-25-13-15-27-46(42)60(51(49)52)55-57-53(36-18-6-2-7-19-36)56-54(58-55)37-20-8-3-9-21-37/h1-33H. The quantitative estimate of drug-likeness (QED) is 0.174. The third-order valence-corrected chi connectivity index (χ3v) is 13.3. The van der Waals surface area contributed by atoms with Crippen LogP contribution < -0.4 is 0 Å². The van der Waals surface area contributed by atoms with Gasteiger partial charge in [-0.05, 0) is 58.3 Å². The molecule has 13 aromatic rings. The second-order valence-electron chi connectivity index (χ2n) is 15.6. The summed E-state index contributed by atoms with van der Waals surface area (Å²) in [6, 6.07) is 71.2. The van der Waals surface area contributed by atoms with E-state index in [0.29, 0.717) is 17.6 Å². The second kappa shape index (κ2) is 13.3. The Labute approximate surface area is 354 Å². The molecule has 0 amide bonds.